The molecule has 39 heavy (non-hydrogen) atoms. The van der Waals surface area contributed by atoms with Gasteiger partial charge in [0.25, 0.3) is 0 Å². The van der Waals surface area contributed by atoms with Crippen LogP contribution < -0.4 is 0 Å². The summed E-state index contributed by atoms with van der Waals surface area (Å²) < 4.78 is 1.67. The first-order chi connectivity index (χ1) is 18.2. The monoisotopic (exact) mass is 529 g/mol. The van der Waals surface area contributed by atoms with Gasteiger partial charge in [-0.25, -0.2) is 4.98 Å². The molecule has 3 saturated carbocycles. The zero-order chi connectivity index (χ0) is 28.2. The molecular formula is C33H43N3O3. The highest BCUT2D eigenvalue weighted by Crippen LogP contribution is 2.74. The molecule has 1 aromatic heterocycles. The number of nitrogens with zero attached hydrogens (tertiary/aromatic N) is 3. The summed E-state index contributed by atoms with van der Waals surface area (Å²) in [5.74, 6) is -0.000849. The number of fused-ring (bicyclic) bond motifs is 7. The quantitative estimate of drug-likeness (QED) is 0.441. The Kier molecular flexibility index (Phi) is 5.65. The molecule has 0 bridgehead atoms. The molecule has 0 aromatic carbocycles. The summed E-state index contributed by atoms with van der Waals surface area (Å²) in [7, 11) is 0. The summed E-state index contributed by atoms with van der Waals surface area (Å²) in [5, 5.41) is 22.0. The first kappa shape index (κ1) is 26.7. The van der Waals surface area contributed by atoms with Gasteiger partial charge in [-0.3, -0.25) is 14.2 Å². The Morgan fingerprint density at radius 1 is 1.10 bits per heavy atom. The smallest absolute Gasteiger partial charge is 0.238 e. The summed E-state index contributed by atoms with van der Waals surface area (Å²) in [4.78, 5) is 31.3. The van der Waals surface area contributed by atoms with Gasteiger partial charge in [-0.15, -0.1) is 0 Å². The number of carbonyl (C=O) groups excluding carboxylic acids is 2. The standard InChI is InChI=1S/C33H43N3O3/c1-20-22-7-8-31(5)25(30(22,4)16-21(18-34)27(20)38)15-24(37)26-23-17-29(2,3)9-11-33(23,12-10-32(26,31)6)28(39)36-14-13-35-19-36/h13-16,19-20,22-24,26,37H,7-12,17H2,1-6H3. The van der Waals surface area contributed by atoms with Crippen molar-refractivity contribution in [1.82, 2.24) is 9.55 Å². The second kappa shape index (κ2) is 8.26. The van der Waals surface area contributed by atoms with E-state index in [-0.39, 0.29) is 57.2 Å². The number of aromatic nitrogens is 2. The minimum atomic E-state index is -0.685. The lowest BCUT2D eigenvalue weighted by molar-refractivity contribution is -0.173. The second-order valence-corrected chi connectivity index (χ2v) is 15.0. The van der Waals surface area contributed by atoms with Gasteiger partial charge in [0.2, 0.25) is 5.91 Å². The van der Waals surface area contributed by atoms with E-state index in [0.717, 1.165) is 44.9 Å². The molecule has 0 spiro atoms. The van der Waals surface area contributed by atoms with Gasteiger partial charge in [0.05, 0.1) is 17.1 Å². The van der Waals surface area contributed by atoms with Crippen LogP contribution in [0.3, 0.4) is 0 Å². The molecule has 9 atom stereocenters. The summed E-state index contributed by atoms with van der Waals surface area (Å²) in [6.07, 6.45) is 14.7. The number of rotatable bonds is 1. The van der Waals surface area contributed by atoms with Crippen LogP contribution in [0.5, 0.6) is 0 Å². The Bertz CT molecular complexity index is 1330. The van der Waals surface area contributed by atoms with Crippen LogP contribution in [-0.4, -0.2) is 32.5 Å². The maximum atomic E-state index is 14.2. The number of hydrogen-bond donors (Lipinski definition) is 1. The highest BCUT2D eigenvalue weighted by Gasteiger charge is 2.70. The molecule has 6 heteroatoms. The lowest BCUT2D eigenvalue weighted by Crippen LogP contribution is -2.66. The Morgan fingerprint density at radius 2 is 1.82 bits per heavy atom. The highest BCUT2D eigenvalue weighted by molar-refractivity contribution is 6.02. The van der Waals surface area contributed by atoms with E-state index in [1.165, 1.54) is 5.57 Å². The van der Waals surface area contributed by atoms with E-state index in [1.807, 2.05) is 13.0 Å². The molecule has 6 nitrogen and oxygen atoms in total. The Labute approximate surface area is 232 Å². The third-order valence-corrected chi connectivity index (χ3v) is 12.9. The third-order valence-electron chi connectivity index (χ3n) is 12.9. The van der Waals surface area contributed by atoms with E-state index in [0.29, 0.717) is 0 Å². The van der Waals surface area contributed by atoms with Gasteiger partial charge < -0.3 is 5.11 Å². The van der Waals surface area contributed by atoms with Crippen LogP contribution in [0, 0.1) is 62.1 Å². The van der Waals surface area contributed by atoms with Crippen molar-refractivity contribution in [2.45, 2.75) is 92.6 Å². The van der Waals surface area contributed by atoms with Crippen LogP contribution >= 0.6 is 0 Å². The topological polar surface area (TPSA) is 96.0 Å². The van der Waals surface area contributed by atoms with E-state index in [9.17, 15) is 20.0 Å². The number of nitriles is 1. The van der Waals surface area contributed by atoms with Gasteiger partial charge in [-0.2, -0.15) is 5.26 Å². The van der Waals surface area contributed by atoms with E-state index < -0.39 is 16.9 Å². The van der Waals surface area contributed by atoms with Crippen LogP contribution in [0.15, 0.2) is 42.0 Å². The van der Waals surface area contributed by atoms with Crippen LogP contribution in [0.25, 0.3) is 0 Å². The lowest BCUT2D eigenvalue weighted by atomic mass is 9.34. The molecule has 1 N–H and O–H groups in total. The minimum absolute atomic E-state index is 0.0467. The van der Waals surface area contributed by atoms with Gasteiger partial charge in [0.1, 0.15) is 12.4 Å². The molecule has 0 amide bonds. The molecule has 0 aliphatic heterocycles. The number of ketones is 1. The van der Waals surface area contributed by atoms with Crippen molar-refractivity contribution in [3.8, 4) is 6.07 Å². The van der Waals surface area contributed by atoms with Crippen LogP contribution in [-0.2, 0) is 4.79 Å². The summed E-state index contributed by atoms with van der Waals surface area (Å²) in [6, 6.07) is 2.18. The van der Waals surface area contributed by atoms with Gasteiger partial charge >= 0.3 is 0 Å². The molecule has 0 saturated heterocycles. The molecule has 5 aliphatic rings. The van der Waals surface area contributed by atoms with E-state index in [1.54, 1.807) is 23.3 Å². The number of Topliss-reactive ketones (excluding diaryl/α,β-unsaturated/α-hetero) is 1. The largest absolute Gasteiger partial charge is 0.389 e. The number of carbonyl (C=O) groups is 2. The van der Waals surface area contributed by atoms with Crippen molar-refractivity contribution >= 4 is 11.7 Å². The zero-order valence-electron chi connectivity index (χ0n) is 24.3. The molecule has 1 heterocycles. The van der Waals surface area contributed by atoms with Crippen molar-refractivity contribution < 1.29 is 14.7 Å². The van der Waals surface area contributed by atoms with Crippen molar-refractivity contribution in [3.05, 3.63) is 42.0 Å². The normalized spacial score (nSPS) is 46.4. The molecule has 1 aromatic rings. The molecular weight excluding hydrogens is 486 g/mol. The van der Waals surface area contributed by atoms with Gasteiger partial charge in [-0.05, 0) is 78.9 Å². The van der Waals surface area contributed by atoms with Crippen molar-refractivity contribution in [2.75, 3.05) is 0 Å². The number of aliphatic hydroxyl groups is 1. The van der Waals surface area contributed by atoms with E-state index >= 15 is 0 Å². The average molecular weight is 530 g/mol. The lowest BCUT2D eigenvalue weighted by Gasteiger charge is -2.69. The second-order valence-electron chi connectivity index (χ2n) is 15.0. The summed E-state index contributed by atoms with van der Waals surface area (Å²) in [5.41, 5.74) is 0.179. The fourth-order valence-electron chi connectivity index (χ4n) is 10.5. The molecule has 208 valence electrons. The molecule has 3 fully saturated rings. The fourth-order valence-corrected chi connectivity index (χ4v) is 10.5. The zero-order valence-corrected chi connectivity index (χ0v) is 24.3. The first-order valence-corrected chi connectivity index (χ1v) is 14.8. The maximum Gasteiger partial charge on any atom is 0.238 e. The van der Waals surface area contributed by atoms with Gasteiger partial charge in [0, 0.05) is 23.7 Å². The van der Waals surface area contributed by atoms with Crippen molar-refractivity contribution in [3.63, 3.8) is 0 Å². The maximum absolute atomic E-state index is 14.2. The summed E-state index contributed by atoms with van der Waals surface area (Å²) >= 11 is 0. The van der Waals surface area contributed by atoms with Gasteiger partial charge in [0.15, 0.2) is 5.78 Å². The minimum Gasteiger partial charge on any atom is -0.389 e. The number of allylic oxidation sites excluding steroid dienone is 3. The first-order valence-electron chi connectivity index (χ1n) is 14.8. The van der Waals surface area contributed by atoms with Crippen molar-refractivity contribution in [2.24, 2.45) is 50.7 Å². The van der Waals surface area contributed by atoms with E-state index in [4.69, 9.17) is 0 Å². The van der Waals surface area contributed by atoms with E-state index in [2.05, 4.69) is 51.7 Å². The summed E-state index contributed by atoms with van der Waals surface area (Å²) in [6.45, 7) is 13.5. The Morgan fingerprint density at radius 3 is 2.49 bits per heavy atom. The molecule has 9 unspecified atom stereocenters. The van der Waals surface area contributed by atoms with Crippen LogP contribution in [0.1, 0.15) is 91.3 Å². The van der Waals surface area contributed by atoms with Crippen molar-refractivity contribution in [1.29, 1.82) is 5.26 Å². The third kappa shape index (κ3) is 3.32. The predicted octanol–water partition coefficient (Wildman–Crippen LogP) is 6.14. The highest BCUT2D eigenvalue weighted by atomic mass is 16.3. The Hall–Kier alpha value is -2.52. The molecule has 5 aliphatic carbocycles. The fraction of sp³-hybridized carbons (Fsp3) is 0.697. The van der Waals surface area contributed by atoms with Crippen LogP contribution in [0.4, 0.5) is 0 Å². The number of imidazole rings is 1. The predicted molar refractivity (Wildman–Crippen MR) is 148 cm³/mol. The Balaban J connectivity index is 1.51. The SMILES string of the molecule is CC1C(=O)C(C#N)=CC2(C)C3=CC(O)C4C5CC(C)(C)CCC5(C(=O)n5ccnc5)CCC4(C)C3(C)CCC12. The number of hydrogen-bond acceptors (Lipinski definition) is 5. The number of aliphatic hydroxyl groups excluding tert-OH is 1. The van der Waals surface area contributed by atoms with Gasteiger partial charge in [-0.1, -0.05) is 59.3 Å². The van der Waals surface area contributed by atoms with Crippen LogP contribution in [0.2, 0.25) is 0 Å². The molecule has 0 radical (unpaired) electrons. The average Bonchev–Trinajstić information content (AvgIpc) is 3.42. The molecule has 6 rings (SSSR count).